The molecule has 2 saturated heterocycles. The van der Waals surface area contributed by atoms with E-state index in [0.717, 1.165) is 63.6 Å². The highest BCUT2D eigenvalue weighted by molar-refractivity contribution is 5.65. The number of hydrogen-bond acceptors (Lipinski definition) is 7. The summed E-state index contributed by atoms with van der Waals surface area (Å²) in [5.74, 6) is 0.830. The minimum absolute atomic E-state index is 0.215. The molecule has 0 spiro atoms. The maximum absolute atomic E-state index is 9.39. The molecule has 8 nitrogen and oxygen atoms in total. The first-order chi connectivity index (χ1) is 13.1. The summed E-state index contributed by atoms with van der Waals surface area (Å²) < 4.78 is 7.21. The summed E-state index contributed by atoms with van der Waals surface area (Å²) in [5, 5.41) is 13.6. The van der Waals surface area contributed by atoms with Gasteiger partial charge in [-0.25, -0.2) is 9.97 Å². The van der Waals surface area contributed by atoms with Crippen molar-refractivity contribution in [3.8, 4) is 17.3 Å². The van der Waals surface area contributed by atoms with Gasteiger partial charge >= 0.3 is 0 Å². The van der Waals surface area contributed by atoms with Crippen molar-refractivity contribution in [3.05, 3.63) is 24.3 Å². The molecule has 2 aromatic heterocycles. The standard InChI is InChI=1S/C19H25N7O/c1-19(26-7-9-27-10-8-26)3-5-25(6-4-19)17-13-21-16(11-20)18(23-17)15-12-22-24(2)14-15/h12-14H,3-10H2,1-2H3. The molecule has 0 amide bonds. The zero-order valence-corrected chi connectivity index (χ0v) is 15.9. The first-order valence-electron chi connectivity index (χ1n) is 9.43. The van der Waals surface area contributed by atoms with E-state index in [2.05, 4.69) is 32.9 Å². The molecule has 0 aliphatic carbocycles. The van der Waals surface area contributed by atoms with Crippen molar-refractivity contribution in [2.24, 2.45) is 7.05 Å². The van der Waals surface area contributed by atoms with Crippen LogP contribution in [0.15, 0.2) is 18.6 Å². The summed E-state index contributed by atoms with van der Waals surface area (Å²) >= 11 is 0. The summed E-state index contributed by atoms with van der Waals surface area (Å²) in [6.45, 7) is 7.91. The second kappa shape index (κ2) is 7.25. The highest BCUT2D eigenvalue weighted by Crippen LogP contribution is 2.31. The minimum atomic E-state index is 0.215. The largest absolute Gasteiger partial charge is 0.379 e. The Labute approximate surface area is 159 Å². The summed E-state index contributed by atoms with van der Waals surface area (Å²) in [5.41, 5.74) is 1.97. The molecule has 2 aromatic rings. The van der Waals surface area contributed by atoms with Crippen LogP contribution in [0.25, 0.3) is 11.3 Å². The second-order valence-electron chi connectivity index (χ2n) is 7.52. The average molecular weight is 367 g/mol. The summed E-state index contributed by atoms with van der Waals surface area (Å²) in [4.78, 5) is 14.0. The topological polar surface area (TPSA) is 83.1 Å². The Kier molecular flexibility index (Phi) is 4.81. The van der Waals surface area contributed by atoms with Gasteiger partial charge in [-0.3, -0.25) is 9.58 Å². The van der Waals surface area contributed by atoms with Gasteiger partial charge in [-0.1, -0.05) is 0 Å². The van der Waals surface area contributed by atoms with Gasteiger partial charge in [-0.2, -0.15) is 10.4 Å². The Hall–Kier alpha value is -2.50. The second-order valence-corrected chi connectivity index (χ2v) is 7.52. The van der Waals surface area contributed by atoms with Crippen LogP contribution < -0.4 is 4.90 Å². The fourth-order valence-electron chi connectivity index (χ4n) is 4.00. The smallest absolute Gasteiger partial charge is 0.167 e. The van der Waals surface area contributed by atoms with Gasteiger partial charge in [-0.15, -0.1) is 0 Å². The zero-order chi connectivity index (χ0) is 18.9. The van der Waals surface area contributed by atoms with Crippen LogP contribution in [-0.4, -0.2) is 69.6 Å². The maximum atomic E-state index is 9.39. The monoisotopic (exact) mass is 367 g/mol. The first kappa shape index (κ1) is 17.9. The van der Waals surface area contributed by atoms with E-state index >= 15 is 0 Å². The fraction of sp³-hybridized carbons (Fsp3) is 0.579. The third-order valence-electron chi connectivity index (χ3n) is 5.78. The van der Waals surface area contributed by atoms with Crippen LogP contribution in [0.2, 0.25) is 0 Å². The SMILES string of the molecule is Cn1cc(-c2nc(N3CCC(C)(N4CCOCC4)CC3)cnc2C#N)cn1. The number of aromatic nitrogens is 4. The lowest BCUT2D eigenvalue weighted by molar-refractivity contribution is -0.0249. The van der Waals surface area contributed by atoms with E-state index in [1.54, 1.807) is 17.1 Å². The lowest BCUT2D eigenvalue weighted by Crippen LogP contribution is -2.56. The zero-order valence-electron chi connectivity index (χ0n) is 15.9. The van der Waals surface area contributed by atoms with E-state index in [9.17, 15) is 5.26 Å². The van der Waals surface area contributed by atoms with Crippen LogP contribution in [-0.2, 0) is 11.8 Å². The van der Waals surface area contributed by atoms with Crippen LogP contribution in [0.1, 0.15) is 25.5 Å². The number of hydrogen-bond donors (Lipinski definition) is 0. The van der Waals surface area contributed by atoms with Crippen molar-refractivity contribution in [1.29, 1.82) is 5.26 Å². The number of rotatable bonds is 3. The van der Waals surface area contributed by atoms with Gasteiger partial charge in [0, 0.05) is 50.5 Å². The molecule has 4 rings (SSSR count). The molecule has 2 aliphatic rings. The first-order valence-corrected chi connectivity index (χ1v) is 9.43. The van der Waals surface area contributed by atoms with Crippen molar-refractivity contribution in [2.45, 2.75) is 25.3 Å². The molecular weight excluding hydrogens is 342 g/mol. The molecule has 0 atom stereocenters. The molecule has 0 aromatic carbocycles. The number of aryl methyl sites for hydroxylation is 1. The lowest BCUT2D eigenvalue weighted by atomic mass is 9.87. The third kappa shape index (κ3) is 3.53. The van der Waals surface area contributed by atoms with Gasteiger partial charge in [0.1, 0.15) is 17.6 Å². The summed E-state index contributed by atoms with van der Waals surface area (Å²) in [6, 6.07) is 2.14. The molecular formula is C19H25N7O. The predicted octanol–water partition coefficient (Wildman–Crippen LogP) is 1.44. The molecule has 27 heavy (non-hydrogen) atoms. The Morgan fingerprint density at radius 3 is 2.52 bits per heavy atom. The van der Waals surface area contributed by atoms with Crippen molar-refractivity contribution in [1.82, 2.24) is 24.6 Å². The lowest BCUT2D eigenvalue weighted by Gasteiger charge is -2.48. The van der Waals surface area contributed by atoms with Gasteiger partial charge in [0.2, 0.25) is 0 Å². The third-order valence-corrected chi connectivity index (χ3v) is 5.78. The van der Waals surface area contributed by atoms with E-state index in [1.165, 1.54) is 0 Å². The van der Waals surface area contributed by atoms with E-state index in [4.69, 9.17) is 9.72 Å². The van der Waals surface area contributed by atoms with E-state index in [-0.39, 0.29) is 5.54 Å². The molecule has 0 radical (unpaired) electrons. The Bertz CT molecular complexity index is 842. The van der Waals surface area contributed by atoms with E-state index in [0.29, 0.717) is 11.4 Å². The van der Waals surface area contributed by atoms with Crippen molar-refractivity contribution < 1.29 is 4.74 Å². The van der Waals surface area contributed by atoms with Gasteiger partial charge in [-0.05, 0) is 19.8 Å². The van der Waals surface area contributed by atoms with Crippen LogP contribution in [0.5, 0.6) is 0 Å². The summed E-state index contributed by atoms with van der Waals surface area (Å²) in [7, 11) is 1.85. The number of anilines is 1. The highest BCUT2D eigenvalue weighted by atomic mass is 16.5. The van der Waals surface area contributed by atoms with Gasteiger partial charge in [0.25, 0.3) is 0 Å². The Balaban J connectivity index is 1.52. The molecule has 4 heterocycles. The molecule has 2 aliphatic heterocycles. The molecule has 0 saturated carbocycles. The summed E-state index contributed by atoms with van der Waals surface area (Å²) in [6.07, 6.45) is 7.46. The maximum Gasteiger partial charge on any atom is 0.167 e. The van der Waals surface area contributed by atoms with Gasteiger partial charge < -0.3 is 9.64 Å². The van der Waals surface area contributed by atoms with Crippen molar-refractivity contribution in [2.75, 3.05) is 44.3 Å². The minimum Gasteiger partial charge on any atom is -0.379 e. The number of piperidine rings is 1. The molecule has 0 unspecified atom stereocenters. The van der Waals surface area contributed by atoms with Crippen LogP contribution in [0, 0.1) is 11.3 Å². The number of ether oxygens (including phenoxy) is 1. The predicted molar refractivity (Wildman–Crippen MR) is 101 cm³/mol. The van der Waals surface area contributed by atoms with E-state index in [1.807, 2.05) is 13.2 Å². The molecule has 0 N–H and O–H groups in total. The van der Waals surface area contributed by atoms with E-state index < -0.39 is 0 Å². The molecule has 8 heteroatoms. The van der Waals surface area contributed by atoms with Crippen LogP contribution in [0.3, 0.4) is 0 Å². The Morgan fingerprint density at radius 2 is 1.89 bits per heavy atom. The quantitative estimate of drug-likeness (QED) is 0.812. The molecule has 0 bridgehead atoms. The molecule has 142 valence electrons. The molecule has 2 fully saturated rings. The Morgan fingerprint density at radius 1 is 1.15 bits per heavy atom. The van der Waals surface area contributed by atoms with Crippen molar-refractivity contribution >= 4 is 5.82 Å². The highest BCUT2D eigenvalue weighted by Gasteiger charge is 2.36. The van der Waals surface area contributed by atoms with Gasteiger partial charge in [0.15, 0.2) is 5.69 Å². The van der Waals surface area contributed by atoms with Crippen LogP contribution >= 0.6 is 0 Å². The van der Waals surface area contributed by atoms with Gasteiger partial charge in [0.05, 0.1) is 25.6 Å². The average Bonchev–Trinajstić information content (AvgIpc) is 3.15. The van der Waals surface area contributed by atoms with Crippen LogP contribution in [0.4, 0.5) is 5.82 Å². The van der Waals surface area contributed by atoms with Crippen molar-refractivity contribution in [3.63, 3.8) is 0 Å². The number of morpholine rings is 1. The normalized spacial score (nSPS) is 20.4. The fourth-order valence-corrected chi connectivity index (χ4v) is 4.00. The number of nitriles is 1. The number of nitrogens with zero attached hydrogens (tertiary/aromatic N) is 7.